The molecule has 0 atom stereocenters. The highest BCUT2D eigenvalue weighted by molar-refractivity contribution is 5.98. The topological polar surface area (TPSA) is 44.1 Å². The summed E-state index contributed by atoms with van der Waals surface area (Å²) in [6.45, 7) is 9.09. The van der Waals surface area contributed by atoms with Gasteiger partial charge >= 0.3 is 0 Å². The number of allylic oxidation sites excluding steroid dienone is 2. The van der Waals surface area contributed by atoms with E-state index in [1.807, 2.05) is 13.8 Å². The van der Waals surface area contributed by atoms with Gasteiger partial charge in [-0.2, -0.15) is 0 Å². The second-order valence-electron chi connectivity index (χ2n) is 2.90. The van der Waals surface area contributed by atoms with Crippen LogP contribution in [0.3, 0.4) is 0 Å². The Balaban J connectivity index is 4.36. The molecule has 0 amide bonds. The Labute approximate surface area is 67.8 Å². The average Bonchev–Trinajstić information content (AvgIpc) is 1.84. The molecule has 0 saturated carbocycles. The lowest BCUT2D eigenvalue weighted by molar-refractivity contribution is 0.422. The zero-order valence-corrected chi connectivity index (χ0v) is 7.31. The van der Waals surface area contributed by atoms with Crippen molar-refractivity contribution in [2.45, 2.75) is 20.8 Å². The van der Waals surface area contributed by atoms with Crippen molar-refractivity contribution in [3.05, 3.63) is 24.0 Å². The fourth-order valence-electron chi connectivity index (χ4n) is 0.608. The summed E-state index contributed by atoms with van der Waals surface area (Å²) in [6, 6.07) is 0. The molecule has 0 rings (SSSR count). The van der Waals surface area contributed by atoms with Crippen molar-refractivity contribution >= 4 is 5.71 Å². The second-order valence-corrected chi connectivity index (χ2v) is 2.90. The first-order valence-corrected chi connectivity index (χ1v) is 3.60. The molecular weight excluding hydrogens is 138 g/mol. The van der Waals surface area contributed by atoms with E-state index >= 15 is 0 Å². The van der Waals surface area contributed by atoms with Crippen LogP contribution in [0.4, 0.5) is 0 Å². The summed E-state index contributed by atoms with van der Waals surface area (Å²) in [4.78, 5) is 0. The molecule has 0 saturated heterocycles. The average molecular weight is 153 g/mol. The van der Waals surface area contributed by atoms with Crippen LogP contribution in [0.25, 0.3) is 0 Å². The normalized spacial score (nSPS) is 11.8. The molecule has 0 aromatic heterocycles. The maximum Gasteiger partial charge on any atom is 0.120 e. The zero-order chi connectivity index (χ0) is 9.02. The molecule has 2 N–H and O–H groups in total. The highest BCUT2D eigenvalue weighted by Gasteiger charge is 2.02. The molecule has 0 heterocycles. The molecule has 0 aliphatic rings. The van der Waals surface area contributed by atoms with Gasteiger partial charge in [0.2, 0.25) is 0 Å². The molecule has 0 spiro atoms. The van der Waals surface area contributed by atoms with E-state index in [-0.39, 0.29) is 11.7 Å². The third-order valence-electron chi connectivity index (χ3n) is 1.25. The van der Waals surface area contributed by atoms with Gasteiger partial charge < -0.3 is 10.5 Å². The Morgan fingerprint density at radius 1 is 1.55 bits per heavy atom. The summed E-state index contributed by atoms with van der Waals surface area (Å²) >= 11 is 0. The van der Waals surface area contributed by atoms with E-state index in [1.54, 1.807) is 13.0 Å². The number of aliphatic hydroxyl groups excluding tert-OH is 1. The van der Waals surface area contributed by atoms with Crippen LogP contribution in [0.1, 0.15) is 20.8 Å². The van der Waals surface area contributed by atoms with Crippen LogP contribution < -0.4 is 0 Å². The standard InChI is InChI=1S/C9H15NO/c1-6(2)5-9(11)7(3)8(4)10/h5-6,10-11H,3H2,1-2,4H3/b9-5+,10-8?. The molecule has 2 heteroatoms. The summed E-state index contributed by atoms with van der Waals surface area (Å²) in [5, 5.41) is 16.5. The van der Waals surface area contributed by atoms with Crippen molar-refractivity contribution in [3.8, 4) is 0 Å². The van der Waals surface area contributed by atoms with Crippen molar-refractivity contribution in [1.82, 2.24) is 0 Å². The number of hydrogen-bond donors (Lipinski definition) is 2. The molecule has 0 fully saturated rings. The molecule has 0 aromatic carbocycles. The predicted molar refractivity (Wildman–Crippen MR) is 48.1 cm³/mol. The third-order valence-corrected chi connectivity index (χ3v) is 1.25. The fourth-order valence-corrected chi connectivity index (χ4v) is 0.608. The van der Waals surface area contributed by atoms with E-state index in [9.17, 15) is 5.11 Å². The highest BCUT2D eigenvalue weighted by atomic mass is 16.3. The van der Waals surface area contributed by atoms with Gasteiger partial charge in [0.1, 0.15) is 5.76 Å². The zero-order valence-electron chi connectivity index (χ0n) is 7.31. The minimum atomic E-state index is 0.118. The van der Waals surface area contributed by atoms with Gasteiger partial charge in [-0.25, -0.2) is 0 Å². The van der Waals surface area contributed by atoms with Gasteiger partial charge in [-0.1, -0.05) is 20.4 Å². The minimum absolute atomic E-state index is 0.118. The molecule has 11 heavy (non-hydrogen) atoms. The first kappa shape index (κ1) is 9.95. The van der Waals surface area contributed by atoms with Gasteiger partial charge in [-0.15, -0.1) is 0 Å². The van der Waals surface area contributed by atoms with Crippen LogP contribution in [-0.4, -0.2) is 10.8 Å². The maximum atomic E-state index is 9.28. The van der Waals surface area contributed by atoms with E-state index < -0.39 is 0 Å². The Morgan fingerprint density at radius 2 is 2.00 bits per heavy atom. The van der Waals surface area contributed by atoms with Gasteiger partial charge in [0.05, 0.1) is 0 Å². The smallest absolute Gasteiger partial charge is 0.120 e. The molecular formula is C9H15NO. The van der Waals surface area contributed by atoms with E-state index in [0.717, 1.165) is 0 Å². The van der Waals surface area contributed by atoms with Crippen molar-refractivity contribution in [2.24, 2.45) is 5.92 Å². The fraction of sp³-hybridized carbons (Fsp3) is 0.444. The van der Waals surface area contributed by atoms with Gasteiger partial charge in [0, 0.05) is 11.3 Å². The van der Waals surface area contributed by atoms with E-state index in [2.05, 4.69) is 6.58 Å². The molecule has 2 nitrogen and oxygen atoms in total. The van der Waals surface area contributed by atoms with E-state index in [1.165, 1.54) is 0 Å². The van der Waals surface area contributed by atoms with Gasteiger partial charge in [0.25, 0.3) is 0 Å². The Kier molecular flexibility index (Phi) is 3.58. The van der Waals surface area contributed by atoms with Crippen LogP contribution in [0.2, 0.25) is 0 Å². The first-order chi connectivity index (χ1) is 4.95. The molecule has 62 valence electrons. The summed E-state index contributed by atoms with van der Waals surface area (Å²) in [5.41, 5.74) is 0.707. The highest BCUT2D eigenvalue weighted by Crippen LogP contribution is 2.08. The molecule has 0 radical (unpaired) electrons. The van der Waals surface area contributed by atoms with Crippen LogP contribution >= 0.6 is 0 Å². The number of hydrogen-bond acceptors (Lipinski definition) is 2. The monoisotopic (exact) mass is 153 g/mol. The van der Waals surface area contributed by atoms with Crippen LogP contribution in [0, 0.1) is 11.3 Å². The summed E-state index contributed by atoms with van der Waals surface area (Å²) in [5.74, 6) is 0.401. The molecule has 0 aromatic rings. The Morgan fingerprint density at radius 3 is 2.27 bits per heavy atom. The van der Waals surface area contributed by atoms with Crippen molar-refractivity contribution in [1.29, 1.82) is 5.41 Å². The molecule has 0 unspecified atom stereocenters. The Bertz CT molecular complexity index is 202. The molecule has 0 aliphatic carbocycles. The Hall–Kier alpha value is -1.05. The summed E-state index contributed by atoms with van der Waals surface area (Å²) in [6.07, 6.45) is 1.68. The van der Waals surface area contributed by atoms with Crippen molar-refractivity contribution in [3.63, 3.8) is 0 Å². The lowest BCUT2D eigenvalue weighted by Crippen LogP contribution is -1.98. The third kappa shape index (κ3) is 3.61. The van der Waals surface area contributed by atoms with Crippen molar-refractivity contribution in [2.75, 3.05) is 0 Å². The number of aliphatic hydroxyl groups is 1. The quantitative estimate of drug-likeness (QED) is 0.365. The van der Waals surface area contributed by atoms with Crippen LogP contribution in [0.15, 0.2) is 24.0 Å². The largest absolute Gasteiger partial charge is 0.508 e. The van der Waals surface area contributed by atoms with Gasteiger partial charge in [-0.3, -0.25) is 0 Å². The van der Waals surface area contributed by atoms with E-state index in [0.29, 0.717) is 11.3 Å². The number of nitrogens with one attached hydrogen (secondary N) is 1. The maximum absolute atomic E-state index is 9.28. The predicted octanol–water partition coefficient (Wildman–Crippen LogP) is 2.68. The second kappa shape index (κ2) is 3.96. The lowest BCUT2D eigenvalue weighted by Gasteiger charge is -2.03. The lowest BCUT2D eigenvalue weighted by atomic mass is 10.1. The van der Waals surface area contributed by atoms with Gasteiger partial charge in [0.15, 0.2) is 0 Å². The van der Waals surface area contributed by atoms with Crippen LogP contribution in [0.5, 0.6) is 0 Å². The molecule has 0 aliphatic heterocycles. The minimum Gasteiger partial charge on any atom is -0.508 e. The van der Waals surface area contributed by atoms with E-state index in [4.69, 9.17) is 5.41 Å². The van der Waals surface area contributed by atoms with Gasteiger partial charge in [-0.05, 0) is 18.9 Å². The first-order valence-electron chi connectivity index (χ1n) is 3.60. The molecule has 0 bridgehead atoms. The van der Waals surface area contributed by atoms with Crippen LogP contribution in [-0.2, 0) is 0 Å². The summed E-state index contributed by atoms with van der Waals surface area (Å²) in [7, 11) is 0. The summed E-state index contributed by atoms with van der Waals surface area (Å²) < 4.78 is 0. The number of rotatable bonds is 3. The SMILES string of the molecule is C=C(C(C)=N)/C(O)=C\C(C)C. The van der Waals surface area contributed by atoms with Crippen molar-refractivity contribution < 1.29 is 5.11 Å².